The number of carbonyl (C=O) groups excluding carboxylic acids is 5. The van der Waals surface area contributed by atoms with Crippen LogP contribution in [0.4, 0.5) is 17.1 Å². The lowest BCUT2D eigenvalue weighted by atomic mass is 9.86. The van der Waals surface area contributed by atoms with E-state index < -0.39 is 0 Å². The van der Waals surface area contributed by atoms with Crippen LogP contribution in [0.3, 0.4) is 0 Å². The molecular formula is C52H66N8O6. The second-order valence-corrected chi connectivity index (χ2v) is 18.4. The zero-order valence-corrected chi connectivity index (χ0v) is 39.3. The molecule has 3 N–H and O–H groups in total. The lowest BCUT2D eigenvalue weighted by Crippen LogP contribution is -2.43. The van der Waals surface area contributed by atoms with Crippen LogP contribution in [0, 0.1) is 18.8 Å². The topological polar surface area (TPSA) is 166 Å². The summed E-state index contributed by atoms with van der Waals surface area (Å²) in [4.78, 5) is 75.1. The van der Waals surface area contributed by atoms with Gasteiger partial charge in [0.1, 0.15) is 18.1 Å². The van der Waals surface area contributed by atoms with Crippen molar-refractivity contribution in [3.8, 4) is 5.88 Å². The quantitative estimate of drug-likeness (QED) is 0.129. The number of pyridine rings is 1. The molecular weight excluding hydrogens is 833 g/mol. The number of benzene rings is 2. The van der Waals surface area contributed by atoms with Gasteiger partial charge < -0.3 is 30.1 Å². The van der Waals surface area contributed by atoms with Gasteiger partial charge in [0.15, 0.2) is 11.6 Å². The fourth-order valence-corrected chi connectivity index (χ4v) is 9.66. The minimum Gasteiger partial charge on any atom is -0.474 e. The number of hydrogen-bond donors (Lipinski definition) is 3. The molecule has 66 heavy (non-hydrogen) atoms. The van der Waals surface area contributed by atoms with Gasteiger partial charge in [0.25, 0.3) is 0 Å². The number of anilines is 3. The molecule has 3 amide bonds. The van der Waals surface area contributed by atoms with Crippen LogP contribution in [-0.4, -0.2) is 109 Å². The van der Waals surface area contributed by atoms with Gasteiger partial charge in [-0.1, -0.05) is 43.8 Å². The first-order valence-electron chi connectivity index (χ1n) is 23.6. The Morgan fingerprint density at radius 2 is 1.67 bits per heavy atom. The summed E-state index contributed by atoms with van der Waals surface area (Å²) in [5.41, 5.74) is 9.49. The number of aliphatic imine (C=N–C) groups is 1. The van der Waals surface area contributed by atoms with E-state index in [1.165, 1.54) is 19.4 Å². The minimum atomic E-state index is -0.141. The van der Waals surface area contributed by atoms with Crippen molar-refractivity contribution in [1.29, 1.82) is 0 Å². The highest BCUT2D eigenvalue weighted by Crippen LogP contribution is 2.36. The van der Waals surface area contributed by atoms with Gasteiger partial charge in [0.05, 0.1) is 30.6 Å². The zero-order valence-electron chi connectivity index (χ0n) is 39.3. The van der Waals surface area contributed by atoms with Crippen LogP contribution >= 0.6 is 0 Å². The van der Waals surface area contributed by atoms with E-state index in [0.717, 1.165) is 117 Å². The Morgan fingerprint density at radius 1 is 0.939 bits per heavy atom. The summed E-state index contributed by atoms with van der Waals surface area (Å²) in [6.07, 6.45) is 10.6. The third-order valence-corrected chi connectivity index (χ3v) is 13.7. The lowest BCUT2D eigenvalue weighted by Gasteiger charge is -2.38. The minimum absolute atomic E-state index is 0.0164. The number of Topliss-reactive ketones (excluding diaryl/α,β-unsaturated/α-hetero) is 2. The van der Waals surface area contributed by atoms with Gasteiger partial charge in [0, 0.05) is 67.4 Å². The van der Waals surface area contributed by atoms with E-state index in [1.54, 1.807) is 0 Å². The molecule has 5 aliphatic rings. The maximum absolute atomic E-state index is 13.3. The maximum Gasteiger partial charge on any atom is 0.237 e. The monoisotopic (exact) mass is 899 g/mol. The van der Waals surface area contributed by atoms with Crippen LogP contribution in [0.25, 0.3) is 0 Å². The molecule has 1 atom stereocenters. The molecule has 3 aromatic rings. The van der Waals surface area contributed by atoms with Gasteiger partial charge in [-0.15, -0.1) is 0 Å². The van der Waals surface area contributed by atoms with Crippen LogP contribution in [-0.2, 0) is 20.8 Å². The average Bonchev–Trinajstić information content (AvgIpc) is 3.31. The number of amides is 3. The van der Waals surface area contributed by atoms with Crippen molar-refractivity contribution >= 4 is 52.1 Å². The summed E-state index contributed by atoms with van der Waals surface area (Å²) in [6, 6.07) is 13.8. The zero-order chi connectivity index (χ0) is 46.9. The lowest BCUT2D eigenvalue weighted by molar-refractivity contribution is -0.136. The molecule has 5 aliphatic heterocycles. The number of nitrogens with zero attached hydrogens (tertiary/aromatic N) is 5. The van der Waals surface area contributed by atoms with Gasteiger partial charge in [-0.25, -0.2) is 9.98 Å². The Bertz CT molecular complexity index is 2380. The Hall–Kier alpha value is -6.15. The number of rotatable bonds is 11. The second-order valence-electron chi connectivity index (χ2n) is 18.4. The third-order valence-electron chi connectivity index (χ3n) is 13.7. The van der Waals surface area contributed by atoms with Gasteiger partial charge in [-0.3, -0.25) is 29.3 Å². The molecule has 8 rings (SSSR count). The number of fused-ring (bicyclic) bond motifs is 1. The third kappa shape index (κ3) is 12.0. The fourth-order valence-electron chi connectivity index (χ4n) is 9.66. The van der Waals surface area contributed by atoms with Crippen LogP contribution < -0.4 is 25.6 Å². The Morgan fingerprint density at radius 3 is 2.33 bits per heavy atom. The Labute approximate surface area is 389 Å². The highest BCUT2D eigenvalue weighted by Gasteiger charge is 2.29. The van der Waals surface area contributed by atoms with Crippen molar-refractivity contribution in [3.63, 3.8) is 0 Å². The van der Waals surface area contributed by atoms with E-state index in [-0.39, 0.29) is 35.2 Å². The summed E-state index contributed by atoms with van der Waals surface area (Å²) in [5, 5.41) is 9.05. The van der Waals surface area contributed by atoms with Crippen molar-refractivity contribution < 1.29 is 28.7 Å². The number of ketones is 2. The molecule has 4 fully saturated rings. The summed E-state index contributed by atoms with van der Waals surface area (Å²) in [5.74, 6) is 2.03. The summed E-state index contributed by atoms with van der Waals surface area (Å²) in [7, 11) is 0. The first-order valence-corrected chi connectivity index (χ1v) is 23.6. The molecule has 1 aromatic heterocycles. The van der Waals surface area contributed by atoms with Crippen molar-refractivity contribution in [2.24, 2.45) is 16.8 Å². The molecule has 0 saturated carbocycles. The number of ether oxygens (including phenoxy) is 1. The predicted octanol–water partition coefficient (Wildman–Crippen LogP) is 7.50. The van der Waals surface area contributed by atoms with Crippen LogP contribution in [0.5, 0.6) is 5.88 Å². The van der Waals surface area contributed by atoms with E-state index in [1.807, 2.05) is 60.5 Å². The van der Waals surface area contributed by atoms with Gasteiger partial charge in [-0.2, -0.15) is 0 Å². The van der Waals surface area contributed by atoms with E-state index in [9.17, 15) is 24.0 Å². The predicted molar refractivity (Wildman–Crippen MR) is 260 cm³/mol. The van der Waals surface area contributed by atoms with Crippen molar-refractivity contribution in [3.05, 3.63) is 101 Å². The molecule has 14 nitrogen and oxygen atoms in total. The molecule has 0 bridgehead atoms. The first-order chi connectivity index (χ1) is 31.8. The summed E-state index contributed by atoms with van der Waals surface area (Å²) >= 11 is 0. The highest BCUT2D eigenvalue weighted by atomic mass is 16.5. The molecule has 1 unspecified atom stereocenters. The molecule has 2 aromatic carbocycles. The molecule has 6 heterocycles. The standard InChI is InChI=1S/C46H57N7O4.C6H9NO2/c1-6-36-17-23-53(43-27-48-46-45(30(43)2)47-18-24-57-46)29-42(36)50-33(5)49-39-10-7-34(8-11-39)25-44(56)52-21-13-35(14-22-52)28-51-19-15-37(16-20-51)38-9-12-40(31(3)54)41(26-38)32(4)55;1-4-2-3-5(8)7-6(4)9/h6-12,26-27,35,37,47,49H,5,13-25,28-29H2,1-4H3;4H,2-3H2,1H3,(H,7,8,9)/b36-6-,50-42-;. The van der Waals surface area contributed by atoms with Crippen molar-refractivity contribution in [2.75, 3.05) is 74.5 Å². The van der Waals surface area contributed by atoms with Crippen LogP contribution in [0.2, 0.25) is 0 Å². The van der Waals surface area contributed by atoms with Crippen molar-refractivity contribution in [2.45, 2.75) is 91.9 Å². The number of aromatic nitrogens is 1. The molecule has 0 spiro atoms. The van der Waals surface area contributed by atoms with E-state index in [2.05, 4.69) is 57.2 Å². The maximum atomic E-state index is 13.3. The SMILES string of the molecule is C=C(/N=C1/CN(c2cnc3c(c2C)NCCO3)CC/C1=C/C)Nc1ccc(CC(=O)N2CCC(CN3CCC(c4ccc(C(C)=O)c(C(C)=O)c4)CC3)CC2)cc1.CC1CCC(=O)NC1=O. The number of nitrogens with one attached hydrogen (secondary N) is 3. The molecule has 14 heteroatoms. The highest BCUT2D eigenvalue weighted by molar-refractivity contribution is 6.07. The Balaban J connectivity index is 0.000000644. The number of imide groups is 1. The average molecular weight is 899 g/mol. The second kappa shape index (κ2) is 21.9. The normalized spacial score (nSPS) is 20.7. The van der Waals surface area contributed by atoms with Gasteiger partial charge >= 0.3 is 0 Å². The number of likely N-dealkylation sites (tertiary alicyclic amines) is 2. The van der Waals surface area contributed by atoms with E-state index >= 15 is 0 Å². The molecule has 0 radical (unpaired) electrons. The number of carbonyl (C=O) groups is 5. The first kappa shape index (κ1) is 47.8. The van der Waals surface area contributed by atoms with Crippen LogP contribution in [0.1, 0.15) is 116 Å². The van der Waals surface area contributed by atoms with E-state index in [0.29, 0.717) is 67.1 Å². The van der Waals surface area contributed by atoms with Gasteiger partial charge in [0.2, 0.25) is 23.6 Å². The number of allylic oxidation sites excluding steroid dienone is 1. The smallest absolute Gasteiger partial charge is 0.237 e. The van der Waals surface area contributed by atoms with Crippen LogP contribution in [0.15, 0.2) is 77.7 Å². The fraction of sp³-hybridized carbons (Fsp3) is 0.481. The molecule has 350 valence electrons. The number of hydrogen-bond acceptors (Lipinski definition) is 12. The van der Waals surface area contributed by atoms with Crippen molar-refractivity contribution in [1.82, 2.24) is 20.1 Å². The Kier molecular flexibility index (Phi) is 15.9. The van der Waals surface area contributed by atoms with Gasteiger partial charge in [-0.05, 0) is 126 Å². The molecule has 4 saturated heterocycles. The summed E-state index contributed by atoms with van der Waals surface area (Å²) < 4.78 is 5.74. The molecule has 0 aliphatic carbocycles. The summed E-state index contributed by atoms with van der Waals surface area (Å²) in [6.45, 7) is 20.9. The largest absolute Gasteiger partial charge is 0.474 e. The number of piperidine rings is 4. The van der Waals surface area contributed by atoms with E-state index in [4.69, 9.17) is 9.73 Å².